The van der Waals surface area contributed by atoms with Gasteiger partial charge in [0.15, 0.2) is 0 Å². The maximum absolute atomic E-state index is 9.46. The fourth-order valence-corrected chi connectivity index (χ4v) is 4.36. The molecule has 2 nitrogen and oxygen atoms in total. The summed E-state index contributed by atoms with van der Waals surface area (Å²) < 4.78 is 0. The molecule has 0 aliphatic heterocycles. The zero-order valence-corrected chi connectivity index (χ0v) is 13.5. The van der Waals surface area contributed by atoms with Gasteiger partial charge in [-0.2, -0.15) is 5.26 Å². The number of nitrogens with one attached hydrogen (secondary N) is 1. The third kappa shape index (κ3) is 3.19. The summed E-state index contributed by atoms with van der Waals surface area (Å²) in [5.41, 5.74) is 2.40. The third-order valence-corrected chi connectivity index (χ3v) is 5.72. The van der Waals surface area contributed by atoms with E-state index in [1.54, 1.807) is 0 Å². The number of benzene rings is 1. The van der Waals surface area contributed by atoms with Crippen LogP contribution in [0.4, 0.5) is 0 Å². The summed E-state index contributed by atoms with van der Waals surface area (Å²) in [6.45, 7) is 4.31. The highest BCUT2D eigenvalue weighted by Gasteiger charge is 2.41. The Balaban J connectivity index is 1.93. The molecular weight excluding hydrogens is 264 g/mol. The molecule has 2 rings (SSSR count). The zero-order valence-electron chi connectivity index (χ0n) is 12.7. The smallest absolute Gasteiger partial charge is 0.109 e. The van der Waals surface area contributed by atoms with Gasteiger partial charge in [0.25, 0.3) is 0 Å². The second kappa shape index (κ2) is 6.65. The van der Waals surface area contributed by atoms with Gasteiger partial charge in [-0.3, -0.25) is 0 Å². The predicted octanol–water partition coefficient (Wildman–Crippen LogP) is 4.07. The molecule has 2 unspecified atom stereocenters. The van der Waals surface area contributed by atoms with Gasteiger partial charge in [0.2, 0.25) is 0 Å². The van der Waals surface area contributed by atoms with Gasteiger partial charge in [0, 0.05) is 4.90 Å². The quantitative estimate of drug-likeness (QED) is 0.830. The van der Waals surface area contributed by atoms with E-state index in [0.29, 0.717) is 5.92 Å². The summed E-state index contributed by atoms with van der Waals surface area (Å²) in [4.78, 5) is 1.38. The zero-order chi connectivity index (χ0) is 14.6. The molecule has 0 aromatic heterocycles. The van der Waals surface area contributed by atoms with Crippen LogP contribution in [0.15, 0.2) is 23.1 Å². The van der Waals surface area contributed by atoms with Gasteiger partial charge >= 0.3 is 0 Å². The second-order valence-electron chi connectivity index (χ2n) is 5.83. The largest absolute Gasteiger partial charge is 0.302 e. The van der Waals surface area contributed by atoms with E-state index in [-0.39, 0.29) is 5.54 Å². The first-order valence-electron chi connectivity index (χ1n) is 7.41. The summed E-state index contributed by atoms with van der Waals surface area (Å²) in [6, 6.07) is 9.15. The first kappa shape index (κ1) is 15.4. The van der Waals surface area contributed by atoms with Crippen LogP contribution in [-0.4, -0.2) is 18.3 Å². The molecule has 1 aliphatic rings. The number of aryl methyl sites for hydroxylation is 2. The summed E-state index contributed by atoms with van der Waals surface area (Å²) in [5, 5.41) is 12.7. The van der Waals surface area contributed by atoms with E-state index in [0.717, 1.165) is 18.6 Å². The standard InChI is InChI=1S/C17H24N2S/c1-13-6-7-14(2)16(11-13)20-10-8-15-5-4-9-17(15,12-18)19-3/h6-7,11,15,19H,4-5,8-10H2,1-3H3. The van der Waals surface area contributed by atoms with Crippen molar-refractivity contribution in [1.82, 2.24) is 5.32 Å². The van der Waals surface area contributed by atoms with Crippen LogP contribution in [0.2, 0.25) is 0 Å². The Labute approximate surface area is 127 Å². The Bertz CT molecular complexity index is 506. The lowest BCUT2D eigenvalue weighted by Crippen LogP contribution is -2.44. The van der Waals surface area contributed by atoms with Crippen molar-refractivity contribution >= 4 is 11.8 Å². The van der Waals surface area contributed by atoms with E-state index < -0.39 is 0 Å². The highest BCUT2D eigenvalue weighted by molar-refractivity contribution is 7.99. The molecule has 0 amide bonds. The number of hydrogen-bond donors (Lipinski definition) is 1. The maximum Gasteiger partial charge on any atom is 0.109 e. The van der Waals surface area contributed by atoms with Crippen molar-refractivity contribution in [2.24, 2.45) is 5.92 Å². The molecule has 1 fully saturated rings. The second-order valence-corrected chi connectivity index (χ2v) is 6.97. The van der Waals surface area contributed by atoms with Crippen LogP contribution in [0.1, 0.15) is 36.8 Å². The van der Waals surface area contributed by atoms with Crippen LogP contribution in [-0.2, 0) is 0 Å². The van der Waals surface area contributed by atoms with Gasteiger partial charge in [0.05, 0.1) is 6.07 Å². The van der Waals surface area contributed by atoms with E-state index >= 15 is 0 Å². The number of thioether (sulfide) groups is 1. The van der Waals surface area contributed by atoms with Crippen LogP contribution in [0.3, 0.4) is 0 Å². The van der Waals surface area contributed by atoms with E-state index in [2.05, 4.69) is 43.4 Å². The van der Waals surface area contributed by atoms with E-state index in [1.807, 2.05) is 18.8 Å². The van der Waals surface area contributed by atoms with Gasteiger partial charge in [-0.25, -0.2) is 0 Å². The lowest BCUT2D eigenvalue weighted by Gasteiger charge is -2.28. The molecule has 0 saturated heterocycles. The lowest BCUT2D eigenvalue weighted by atomic mass is 9.87. The Hall–Kier alpha value is -0.980. The molecule has 2 atom stereocenters. The van der Waals surface area contributed by atoms with E-state index in [1.165, 1.54) is 28.9 Å². The van der Waals surface area contributed by atoms with Crippen molar-refractivity contribution in [1.29, 1.82) is 5.26 Å². The maximum atomic E-state index is 9.46. The van der Waals surface area contributed by atoms with Gasteiger partial charge in [-0.1, -0.05) is 24.1 Å². The van der Waals surface area contributed by atoms with Crippen molar-refractivity contribution in [3.05, 3.63) is 29.3 Å². The Morgan fingerprint density at radius 1 is 1.45 bits per heavy atom. The highest BCUT2D eigenvalue weighted by Crippen LogP contribution is 2.38. The summed E-state index contributed by atoms with van der Waals surface area (Å²) in [6.07, 6.45) is 4.47. The number of rotatable bonds is 5. The molecule has 0 heterocycles. The number of hydrogen-bond acceptors (Lipinski definition) is 3. The van der Waals surface area contributed by atoms with Crippen LogP contribution < -0.4 is 5.32 Å². The van der Waals surface area contributed by atoms with Gasteiger partial charge in [-0.15, -0.1) is 11.8 Å². The monoisotopic (exact) mass is 288 g/mol. The number of nitrogens with zero attached hydrogens (tertiary/aromatic N) is 1. The van der Waals surface area contributed by atoms with E-state index in [4.69, 9.17) is 0 Å². The average Bonchev–Trinajstić information content (AvgIpc) is 2.86. The molecule has 1 aromatic rings. The molecule has 1 saturated carbocycles. The van der Waals surface area contributed by atoms with Crippen molar-refractivity contribution in [2.45, 2.75) is 50.0 Å². The average molecular weight is 288 g/mol. The molecule has 1 N–H and O–H groups in total. The fourth-order valence-electron chi connectivity index (χ4n) is 3.17. The highest BCUT2D eigenvalue weighted by atomic mass is 32.2. The SMILES string of the molecule is CNC1(C#N)CCCC1CCSc1cc(C)ccc1C. The fraction of sp³-hybridized carbons (Fsp3) is 0.588. The third-order valence-electron chi connectivity index (χ3n) is 4.53. The van der Waals surface area contributed by atoms with E-state index in [9.17, 15) is 5.26 Å². The normalized spacial score (nSPS) is 25.6. The van der Waals surface area contributed by atoms with Crippen molar-refractivity contribution in [3.63, 3.8) is 0 Å². The van der Waals surface area contributed by atoms with Crippen molar-refractivity contribution in [3.8, 4) is 6.07 Å². The lowest BCUT2D eigenvalue weighted by molar-refractivity contribution is 0.332. The van der Waals surface area contributed by atoms with Crippen LogP contribution >= 0.6 is 11.8 Å². The van der Waals surface area contributed by atoms with Crippen LogP contribution in [0.25, 0.3) is 0 Å². The Kier molecular flexibility index (Phi) is 5.12. The molecule has 1 aromatic carbocycles. The van der Waals surface area contributed by atoms with Crippen LogP contribution in [0.5, 0.6) is 0 Å². The van der Waals surface area contributed by atoms with Crippen LogP contribution in [0, 0.1) is 31.1 Å². The molecule has 3 heteroatoms. The molecule has 20 heavy (non-hydrogen) atoms. The van der Waals surface area contributed by atoms with Gasteiger partial charge in [0.1, 0.15) is 5.54 Å². The summed E-state index contributed by atoms with van der Waals surface area (Å²) >= 11 is 1.93. The molecular formula is C17H24N2S. The Morgan fingerprint density at radius 3 is 2.95 bits per heavy atom. The number of nitriles is 1. The van der Waals surface area contributed by atoms with Crippen molar-refractivity contribution in [2.75, 3.05) is 12.8 Å². The predicted molar refractivity (Wildman–Crippen MR) is 86.0 cm³/mol. The first-order chi connectivity index (χ1) is 9.61. The molecule has 0 spiro atoms. The molecule has 108 valence electrons. The van der Waals surface area contributed by atoms with Crippen molar-refractivity contribution < 1.29 is 0 Å². The van der Waals surface area contributed by atoms with Gasteiger partial charge in [-0.05, 0) is 63.5 Å². The molecule has 0 radical (unpaired) electrons. The first-order valence-corrected chi connectivity index (χ1v) is 8.40. The minimum absolute atomic E-state index is 0.276. The topological polar surface area (TPSA) is 35.8 Å². The Morgan fingerprint density at radius 2 is 2.25 bits per heavy atom. The molecule has 1 aliphatic carbocycles. The summed E-state index contributed by atoms with van der Waals surface area (Å²) in [5.74, 6) is 1.59. The summed E-state index contributed by atoms with van der Waals surface area (Å²) in [7, 11) is 1.93. The molecule has 0 bridgehead atoms. The minimum Gasteiger partial charge on any atom is -0.302 e. The minimum atomic E-state index is -0.276. The van der Waals surface area contributed by atoms with Gasteiger partial charge < -0.3 is 5.32 Å².